The molecule has 0 aliphatic heterocycles. The second kappa shape index (κ2) is 8.18. The van der Waals surface area contributed by atoms with Crippen molar-refractivity contribution in [3.05, 3.63) is 63.6 Å². The Labute approximate surface area is 155 Å². The molecule has 0 fully saturated rings. The molecule has 0 radical (unpaired) electrons. The molecular formula is C17H17Cl2N5O. The number of aryl methyl sites for hydroxylation is 1. The van der Waals surface area contributed by atoms with Gasteiger partial charge in [0.2, 0.25) is 5.95 Å². The monoisotopic (exact) mass is 377 g/mol. The minimum Gasteiger partial charge on any atom is -0.486 e. The van der Waals surface area contributed by atoms with Crippen molar-refractivity contribution in [1.29, 1.82) is 0 Å². The summed E-state index contributed by atoms with van der Waals surface area (Å²) in [4.78, 5) is 0. The Morgan fingerprint density at radius 1 is 1.08 bits per heavy atom. The van der Waals surface area contributed by atoms with Crippen LogP contribution in [-0.4, -0.2) is 20.2 Å². The number of benzene rings is 2. The van der Waals surface area contributed by atoms with Gasteiger partial charge >= 0.3 is 0 Å². The third kappa shape index (κ3) is 4.41. The number of ether oxygens (including phenoxy) is 1. The predicted octanol–water partition coefficient (Wildman–Crippen LogP) is 4.19. The van der Waals surface area contributed by atoms with Gasteiger partial charge in [-0.15, -0.1) is 0 Å². The van der Waals surface area contributed by atoms with E-state index < -0.39 is 0 Å². The molecule has 3 aromatic rings. The molecule has 6 nitrogen and oxygen atoms in total. The highest BCUT2D eigenvalue weighted by atomic mass is 35.5. The first kappa shape index (κ1) is 17.5. The molecule has 8 heteroatoms. The first-order valence-corrected chi connectivity index (χ1v) is 8.57. The van der Waals surface area contributed by atoms with Gasteiger partial charge in [0.05, 0.1) is 10.0 Å². The van der Waals surface area contributed by atoms with Gasteiger partial charge in [-0.25, -0.2) is 4.68 Å². The van der Waals surface area contributed by atoms with Gasteiger partial charge in [-0.3, -0.25) is 0 Å². The van der Waals surface area contributed by atoms with E-state index in [0.717, 1.165) is 11.1 Å². The molecule has 25 heavy (non-hydrogen) atoms. The highest BCUT2D eigenvalue weighted by Crippen LogP contribution is 2.35. The molecule has 2 aromatic carbocycles. The van der Waals surface area contributed by atoms with Gasteiger partial charge in [0.25, 0.3) is 0 Å². The van der Waals surface area contributed by atoms with Gasteiger partial charge in [-0.05, 0) is 40.6 Å². The van der Waals surface area contributed by atoms with Gasteiger partial charge < -0.3 is 10.1 Å². The summed E-state index contributed by atoms with van der Waals surface area (Å²) in [5.41, 5.74) is 1.96. The smallest absolute Gasteiger partial charge is 0.243 e. The standard InChI is InChI=1S/C17H17Cl2N5O/c1-2-24-17(21-22-23-24)20-10-13-8-14(18)16(15(19)9-13)25-11-12-6-4-3-5-7-12/h3-9H,2,10-11H2,1H3,(H,20,21,23). The summed E-state index contributed by atoms with van der Waals surface area (Å²) in [5, 5.41) is 15.5. The summed E-state index contributed by atoms with van der Waals surface area (Å²) in [6.45, 7) is 3.55. The summed E-state index contributed by atoms with van der Waals surface area (Å²) < 4.78 is 7.44. The Balaban J connectivity index is 1.67. The predicted molar refractivity (Wildman–Crippen MR) is 98.1 cm³/mol. The molecule has 1 heterocycles. The van der Waals surface area contributed by atoms with Crippen molar-refractivity contribution in [2.75, 3.05) is 5.32 Å². The van der Waals surface area contributed by atoms with Crippen LogP contribution in [0.25, 0.3) is 0 Å². The van der Waals surface area contributed by atoms with Crippen LogP contribution in [0.2, 0.25) is 10.0 Å². The Hall–Kier alpha value is -2.31. The van der Waals surface area contributed by atoms with Crippen LogP contribution in [-0.2, 0) is 19.7 Å². The molecule has 0 atom stereocenters. The second-order valence-electron chi connectivity index (χ2n) is 5.33. The van der Waals surface area contributed by atoms with Crippen molar-refractivity contribution in [3.8, 4) is 5.75 Å². The number of rotatable bonds is 7. The quantitative estimate of drug-likeness (QED) is 0.668. The normalized spacial score (nSPS) is 10.7. The van der Waals surface area contributed by atoms with Gasteiger partial charge in [0, 0.05) is 13.1 Å². The molecule has 0 amide bonds. The van der Waals surface area contributed by atoms with Crippen molar-refractivity contribution >= 4 is 29.2 Å². The lowest BCUT2D eigenvalue weighted by molar-refractivity contribution is 0.306. The number of halogens is 2. The van der Waals surface area contributed by atoms with E-state index in [0.29, 0.717) is 41.4 Å². The molecule has 0 unspecified atom stereocenters. The lowest BCUT2D eigenvalue weighted by atomic mass is 10.2. The zero-order chi connectivity index (χ0) is 17.6. The fourth-order valence-electron chi connectivity index (χ4n) is 2.31. The molecule has 0 saturated carbocycles. The summed E-state index contributed by atoms with van der Waals surface area (Å²) in [7, 11) is 0. The Morgan fingerprint density at radius 2 is 1.80 bits per heavy atom. The molecule has 130 valence electrons. The van der Waals surface area contributed by atoms with Crippen molar-refractivity contribution in [3.63, 3.8) is 0 Å². The molecule has 0 bridgehead atoms. The van der Waals surface area contributed by atoms with Gasteiger partial charge in [-0.1, -0.05) is 58.6 Å². The molecule has 0 aliphatic rings. The van der Waals surface area contributed by atoms with E-state index in [2.05, 4.69) is 20.8 Å². The van der Waals surface area contributed by atoms with E-state index in [1.165, 1.54) is 0 Å². The topological polar surface area (TPSA) is 64.9 Å². The summed E-state index contributed by atoms with van der Waals surface area (Å²) >= 11 is 12.7. The SMILES string of the molecule is CCn1nnnc1NCc1cc(Cl)c(OCc2ccccc2)c(Cl)c1. The summed E-state index contributed by atoms with van der Waals surface area (Å²) in [5.74, 6) is 1.08. The van der Waals surface area contributed by atoms with Crippen molar-refractivity contribution in [2.45, 2.75) is 26.6 Å². The third-order valence-corrected chi connectivity index (χ3v) is 4.13. The largest absolute Gasteiger partial charge is 0.486 e. The van der Waals surface area contributed by atoms with Gasteiger partial charge in [0.1, 0.15) is 6.61 Å². The molecular weight excluding hydrogens is 361 g/mol. The Morgan fingerprint density at radius 3 is 2.48 bits per heavy atom. The number of anilines is 1. The molecule has 0 aliphatic carbocycles. The van der Waals surface area contributed by atoms with Crippen molar-refractivity contribution < 1.29 is 4.74 Å². The summed E-state index contributed by atoms with van der Waals surface area (Å²) in [6, 6.07) is 13.5. The maximum absolute atomic E-state index is 6.34. The maximum Gasteiger partial charge on any atom is 0.243 e. The van der Waals surface area contributed by atoms with E-state index in [1.54, 1.807) is 4.68 Å². The van der Waals surface area contributed by atoms with Crippen LogP contribution in [0, 0.1) is 0 Å². The third-order valence-electron chi connectivity index (χ3n) is 3.57. The Bertz CT molecular complexity index is 815. The highest BCUT2D eigenvalue weighted by molar-refractivity contribution is 6.37. The average molecular weight is 378 g/mol. The van der Waals surface area contributed by atoms with Crippen LogP contribution < -0.4 is 10.1 Å². The van der Waals surface area contributed by atoms with Crippen LogP contribution in [0.3, 0.4) is 0 Å². The number of hydrogen-bond acceptors (Lipinski definition) is 5. The number of tetrazole rings is 1. The summed E-state index contributed by atoms with van der Waals surface area (Å²) in [6.07, 6.45) is 0. The molecule has 1 aromatic heterocycles. The van der Waals surface area contributed by atoms with Gasteiger partial charge in [-0.2, -0.15) is 0 Å². The van der Waals surface area contributed by atoms with Crippen LogP contribution >= 0.6 is 23.2 Å². The molecule has 3 rings (SSSR count). The van der Waals surface area contributed by atoms with Crippen LogP contribution in [0.1, 0.15) is 18.1 Å². The number of nitrogens with zero attached hydrogens (tertiary/aromatic N) is 4. The molecule has 0 saturated heterocycles. The minimum atomic E-state index is 0.406. The zero-order valence-electron chi connectivity index (χ0n) is 13.6. The highest BCUT2D eigenvalue weighted by Gasteiger charge is 2.11. The average Bonchev–Trinajstić information content (AvgIpc) is 3.07. The van der Waals surface area contributed by atoms with E-state index >= 15 is 0 Å². The van der Waals surface area contributed by atoms with Crippen LogP contribution in [0.4, 0.5) is 5.95 Å². The lowest BCUT2D eigenvalue weighted by Gasteiger charge is -2.12. The van der Waals surface area contributed by atoms with Crippen molar-refractivity contribution in [1.82, 2.24) is 20.2 Å². The van der Waals surface area contributed by atoms with E-state index in [1.807, 2.05) is 49.4 Å². The number of aromatic nitrogens is 4. The van der Waals surface area contributed by atoms with E-state index in [9.17, 15) is 0 Å². The fourth-order valence-corrected chi connectivity index (χ4v) is 2.95. The van der Waals surface area contributed by atoms with Crippen molar-refractivity contribution in [2.24, 2.45) is 0 Å². The first-order valence-electron chi connectivity index (χ1n) is 7.82. The van der Waals surface area contributed by atoms with Gasteiger partial charge in [0.15, 0.2) is 5.75 Å². The fraction of sp³-hybridized carbons (Fsp3) is 0.235. The number of nitrogens with one attached hydrogen (secondary N) is 1. The zero-order valence-corrected chi connectivity index (χ0v) is 15.1. The maximum atomic E-state index is 6.34. The Kier molecular flexibility index (Phi) is 5.73. The minimum absolute atomic E-state index is 0.406. The van der Waals surface area contributed by atoms with E-state index in [4.69, 9.17) is 27.9 Å². The molecule has 0 spiro atoms. The lowest BCUT2D eigenvalue weighted by Crippen LogP contribution is -2.08. The number of hydrogen-bond donors (Lipinski definition) is 1. The first-order chi connectivity index (χ1) is 12.2. The van der Waals surface area contributed by atoms with Crippen LogP contribution in [0.15, 0.2) is 42.5 Å². The van der Waals surface area contributed by atoms with Crippen LogP contribution in [0.5, 0.6) is 5.75 Å². The van der Waals surface area contributed by atoms with E-state index in [-0.39, 0.29) is 0 Å². The molecule has 1 N–H and O–H groups in total. The second-order valence-corrected chi connectivity index (χ2v) is 6.15.